The second kappa shape index (κ2) is 5.53. The van der Waals surface area contributed by atoms with Gasteiger partial charge in [-0.3, -0.25) is 4.72 Å². The van der Waals surface area contributed by atoms with Crippen molar-refractivity contribution in [3.63, 3.8) is 0 Å². The molecule has 1 N–H and O–H groups in total. The van der Waals surface area contributed by atoms with Crippen molar-refractivity contribution in [3.05, 3.63) is 16.8 Å². The molecule has 0 fully saturated rings. The quantitative estimate of drug-likeness (QED) is 0.916. The molecule has 0 unspecified atom stereocenters. The van der Waals surface area contributed by atoms with E-state index >= 15 is 0 Å². The summed E-state index contributed by atoms with van der Waals surface area (Å²) in [7, 11) is -3.28. The van der Waals surface area contributed by atoms with Crippen LogP contribution < -0.4 is 4.72 Å². The summed E-state index contributed by atoms with van der Waals surface area (Å²) in [5.41, 5.74) is 0.566. The third-order valence-electron chi connectivity index (χ3n) is 2.71. The van der Waals surface area contributed by atoms with Crippen LogP contribution in [-0.2, 0) is 10.0 Å². The van der Waals surface area contributed by atoms with E-state index in [0.29, 0.717) is 17.5 Å². The molecule has 0 saturated carbocycles. The first-order chi connectivity index (χ1) is 9.32. The predicted octanol–water partition coefficient (Wildman–Crippen LogP) is 2.99. The molecule has 20 heavy (non-hydrogen) atoms. The van der Waals surface area contributed by atoms with Gasteiger partial charge in [0.15, 0.2) is 0 Å². The van der Waals surface area contributed by atoms with Crippen LogP contribution >= 0.6 is 11.3 Å². The van der Waals surface area contributed by atoms with Crippen LogP contribution in [0.4, 0.5) is 5.69 Å². The van der Waals surface area contributed by atoms with Gasteiger partial charge in [-0.15, -0.1) is 21.5 Å². The lowest BCUT2D eigenvalue weighted by atomic mass is 10.2. The lowest BCUT2D eigenvalue weighted by Gasteiger charge is -2.03. The van der Waals surface area contributed by atoms with Gasteiger partial charge in [-0.1, -0.05) is 13.8 Å². The monoisotopic (exact) mass is 315 g/mol. The summed E-state index contributed by atoms with van der Waals surface area (Å²) in [6.45, 7) is 7.38. The number of aryl methyl sites for hydroxylation is 1. The molecule has 0 aromatic carbocycles. The molecule has 0 atom stereocenters. The number of hydrogen-bond acceptors (Lipinski definition) is 6. The van der Waals surface area contributed by atoms with Crippen LogP contribution in [0.2, 0.25) is 0 Å². The van der Waals surface area contributed by atoms with Gasteiger partial charge in [0.2, 0.25) is 15.9 Å². The third-order valence-corrected chi connectivity index (χ3v) is 5.04. The Labute approximate surface area is 122 Å². The Morgan fingerprint density at radius 2 is 2.10 bits per heavy atom. The van der Waals surface area contributed by atoms with Crippen molar-refractivity contribution < 1.29 is 12.8 Å². The second-order valence-corrected chi connectivity index (χ2v) is 7.95. The van der Waals surface area contributed by atoms with Gasteiger partial charge in [-0.2, -0.15) is 0 Å². The molecule has 0 aliphatic rings. The summed E-state index contributed by atoms with van der Waals surface area (Å²) >= 11 is 1.42. The van der Waals surface area contributed by atoms with Gasteiger partial charge in [-0.25, -0.2) is 8.42 Å². The van der Waals surface area contributed by atoms with Crippen LogP contribution in [0, 0.1) is 6.92 Å². The minimum atomic E-state index is -3.28. The maximum Gasteiger partial charge on any atom is 0.257 e. The van der Waals surface area contributed by atoms with E-state index in [2.05, 4.69) is 14.9 Å². The summed E-state index contributed by atoms with van der Waals surface area (Å²) in [6, 6.07) is 1.73. The zero-order chi connectivity index (χ0) is 14.9. The zero-order valence-corrected chi connectivity index (χ0v) is 13.4. The number of aromatic nitrogens is 2. The van der Waals surface area contributed by atoms with Crippen LogP contribution in [0.1, 0.15) is 37.5 Å². The number of hydrogen-bond donors (Lipinski definition) is 1. The van der Waals surface area contributed by atoms with Crippen molar-refractivity contribution in [1.29, 1.82) is 0 Å². The number of anilines is 1. The van der Waals surface area contributed by atoms with Crippen LogP contribution in [0.3, 0.4) is 0 Å². The number of sulfonamides is 1. The first-order valence-corrected chi connectivity index (χ1v) is 8.74. The summed E-state index contributed by atoms with van der Waals surface area (Å²) in [6.07, 6.45) is 0. The van der Waals surface area contributed by atoms with Crippen molar-refractivity contribution >= 4 is 27.0 Å². The van der Waals surface area contributed by atoms with Gasteiger partial charge in [0.25, 0.3) is 5.89 Å². The molecule has 0 bridgehead atoms. The number of nitrogens with zero attached hydrogens (tertiary/aromatic N) is 2. The fourth-order valence-electron chi connectivity index (χ4n) is 1.50. The van der Waals surface area contributed by atoms with Gasteiger partial charge in [0.1, 0.15) is 0 Å². The van der Waals surface area contributed by atoms with Crippen LogP contribution in [-0.4, -0.2) is 24.4 Å². The molecule has 0 spiro atoms. The topological polar surface area (TPSA) is 85.1 Å². The normalized spacial score (nSPS) is 12.1. The van der Waals surface area contributed by atoms with Gasteiger partial charge < -0.3 is 4.42 Å². The van der Waals surface area contributed by atoms with Gasteiger partial charge in [0, 0.05) is 10.8 Å². The molecule has 6 nitrogen and oxygen atoms in total. The molecule has 8 heteroatoms. The molecular formula is C12H17N3O3S2. The second-order valence-electron chi connectivity index (χ2n) is 4.69. The molecular weight excluding hydrogens is 298 g/mol. The van der Waals surface area contributed by atoms with Crippen LogP contribution in [0.15, 0.2) is 10.5 Å². The van der Waals surface area contributed by atoms with E-state index in [4.69, 9.17) is 4.42 Å². The summed E-state index contributed by atoms with van der Waals surface area (Å²) in [5.74, 6) is 1.19. The standard InChI is InChI=1S/C12H17N3O3S2/c1-5-20(16,17)15-9-6-10(19-8(9)4)12-14-13-11(18-12)7(2)3/h6-7,15H,5H2,1-4H3. The van der Waals surface area contributed by atoms with Crippen LogP contribution in [0.5, 0.6) is 0 Å². The molecule has 2 aromatic rings. The lowest BCUT2D eigenvalue weighted by molar-refractivity contribution is 0.482. The molecule has 2 rings (SSSR count). The average molecular weight is 315 g/mol. The molecule has 0 aliphatic carbocycles. The largest absolute Gasteiger partial charge is 0.420 e. The van der Waals surface area contributed by atoms with E-state index in [9.17, 15) is 8.42 Å². The fraction of sp³-hybridized carbons (Fsp3) is 0.500. The van der Waals surface area contributed by atoms with E-state index in [-0.39, 0.29) is 11.7 Å². The van der Waals surface area contributed by atoms with Crippen molar-refractivity contribution in [3.8, 4) is 10.8 Å². The lowest BCUT2D eigenvalue weighted by Crippen LogP contribution is -2.14. The fourth-order valence-corrected chi connectivity index (χ4v) is 3.15. The highest BCUT2D eigenvalue weighted by Gasteiger charge is 2.17. The highest BCUT2D eigenvalue weighted by atomic mass is 32.2. The van der Waals surface area contributed by atoms with Gasteiger partial charge in [-0.05, 0) is 19.9 Å². The van der Waals surface area contributed by atoms with Crippen molar-refractivity contribution in [2.24, 2.45) is 0 Å². The van der Waals surface area contributed by atoms with E-state index in [1.54, 1.807) is 13.0 Å². The summed E-state index contributed by atoms with van der Waals surface area (Å²) in [4.78, 5) is 1.62. The average Bonchev–Trinajstić information content (AvgIpc) is 2.97. The Hall–Kier alpha value is -1.41. The number of thiophene rings is 1. The molecule has 2 heterocycles. The minimum Gasteiger partial charge on any atom is -0.420 e. The summed E-state index contributed by atoms with van der Waals surface area (Å²) in [5, 5.41) is 7.97. The minimum absolute atomic E-state index is 0.0374. The molecule has 0 aliphatic heterocycles. The highest BCUT2D eigenvalue weighted by Crippen LogP contribution is 2.34. The van der Waals surface area contributed by atoms with Gasteiger partial charge >= 0.3 is 0 Å². The zero-order valence-electron chi connectivity index (χ0n) is 11.8. The first kappa shape index (κ1) is 15.0. The van der Waals surface area contributed by atoms with Crippen LogP contribution in [0.25, 0.3) is 10.8 Å². The van der Waals surface area contributed by atoms with E-state index in [1.807, 2.05) is 20.8 Å². The van der Waals surface area contributed by atoms with E-state index in [1.165, 1.54) is 11.3 Å². The Kier molecular flexibility index (Phi) is 4.14. The molecule has 0 amide bonds. The highest BCUT2D eigenvalue weighted by molar-refractivity contribution is 7.92. The van der Waals surface area contributed by atoms with E-state index < -0.39 is 10.0 Å². The van der Waals surface area contributed by atoms with Crippen molar-refractivity contribution in [1.82, 2.24) is 10.2 Å². The van der Waals surface area contributed by atoms with Crippen molar-refractivity contribution in [2.75, 3.05) is 10.5 Å². The Bertz CT molecular complexity index is 701. The Morgan fingerprint density at radius 3 is 2.65 bits per heavy atom. The Morgan fingerprint density at radius 1 is 1.40 bits per heavy atom. The third kappa shape index (κ3) is 3.18. The predicted molar refractivity (Wildman–Crippen MR) is 79.5 cm³/mol. The van der Waals surface area contributed by atoms with Gasteiger partial charge in [0.05, 0.1) is 16.3 Å². The summed E-state index contributed by atoms with van der Waals surface area (Å²) < 4.78 is 31.3. The SMILES string of the molecule is CCS(=O)(=O)Nc1cc(-c2nnc(C(C)C)o2)sc1C. The number of nitrogens with one attached hydrogen (secondary N) is 1. The van der Waals surface area contributed by atoms with Crippen molar-refractivity contribution in [2.45, 2.75) is 33.6 Å². The number of rotatable bonds is 5. The maximum absolute atomic E-state index is 11.6. The molecule has 2 aromatic heterocycles. The van der Waals surface area contributed by atoms with E-state index in [0.717, 1.165) is 9.75 Å². The first-order valence-electron chi connectivity index (χ1n) is 6.27. The maximum atomic E-state index is 11.6. The molecule has 0 saturated heterocycles. The smallest absolute Gasteiger partial charge is 0.257 e. The Balaban J connectivity index is 2.31. The molecule has 0 radical (unpaired) electrons. The molecule has 110 valence electrons.